The average molecular weight is 263 g/mol. The van der Waals surface area contributed by atoms with Gasteiger partial charge in [-0.2, -0.15) is 0 Å². The van der Waals surface area contributed by atoms with Crippen LogP contribution in [-0.2, 0) is 16.8 Å². The van der Waals surface area contributed by atoms with E-state index in [2.05, 4.69) is 26.1 Å². The molecule has 2 rings (SSSR count). The second-order valence-electron chi connectivity index (χ2n) is 5.59. The van der Waals surface area contributed by atoms with E-state index in [-0.39, 0.29) is 5.60 Å². The summed E-state index contributed by atoms with van der Waals surface area (Å²) in [5.41, 5.74) is 3.23. The maximum atomic E-state index is 5.84. The van der Waals surface area contributed by atoms with Gasteiger partial charge in [-0.1, -0.05) is 0 Å². The van der Waals surface area contributed by atoms with E-state index in [1.807, 2.05) is 7.05 Å². The number of hydrogen-bond acceptors (Lipinski definition) is 4. The Morgan fingerprint density at radius 2 is 1.95 bits per heavy atom. The summed E-state index contributed by atoms with van der Waals surface area (Å²) in [5.74, 6) is 0.859. The first-order valence-electron chi connectivity index (χ1n) is 7.20. The molecule has 0 amide bonds. The zero-order valence-corrected chi connectivity index (χ0v) is 12.5. The molecule has 4 nitrogen and oxygen atoms in total. The highest BCUT2D eigenvalue weighted by molar-refractivity contribution is 5.26. The topological polar surface area (TPSA) is 47.0 Å². The molecule has 19 heavy (non-hydrogen) atoms. The summed E-state index contributed by atoms with van der Waals surface area (Å²) in [4.78, 5) is 9.42. The van der Waals surface area contributed by atoms with Crippen molar-refractivity contribution in [3.05, 3.63) is 22.8 Å². The van der Waals surface area contributed by atoms with Crippen LogP contribution in [0.15, 0.2) is 0 Å². The quantitative estimate of drug-likeness (QED) is 0.828. The van der Waals surface area contributed by atoms with Crippen LogP contribution in [0.2, 0.25) is 0 Å². The summed E-state index contributed by atoms with van der Waals surface area (Å²) in [6.45, 7) is 8.13. The van der Waals surface area contributed by atoms with Crippen molar-refractivity contribution in [3.8, 4) is 0 Å². The van der Waals surface area contributed by atoms with E-state index < -0.39 is 0 Å². The number of aryl methyl sites for hydroxylation is 2. The fourth-order valence-electron chi connectivity index (χ4n) is 2.74. The van der Waals surface area contributed by atoms with Crippen LogP contribution >= 0.6 is 0 Å². The molecule has 0 spiro atoms. The highest BCUT2D eigenvalue weighted by Gasteiger charge is 2.35. The molecular formula is C15H25N3O. The second-order valence-corrected chi connectivity index (χ2v) is 5.59. The van der Waals surface area contributed by atoms with E-state index in [1.165, 1.54) is 5.56 Å². The maximum absolute atomic E-state index is 5.84. The third-order valence-electron chi connectivity index (χ3n) is 3.97. The fourth-order valence-corrected chi connectivity index (χ4v) is 2.74. The zero-order valence-electron chi connectivity index (χ0n) is 12.5. The van der Waals surface area contributed by atoms with Gasteiger partial charge in [-0.05, 0) is 65.6 Å². The van der Waals surface area contributed by atoms with E-state index in [1.54, 1.807) is 0 Å². The Morgan fingerprint density at radius 3 is 2.47 bits per heavy atom. The Hall–Kier alpha value is -1.00. The lowest BCUT2D eigenvalue weighted by atomic mass is 10.00. The van der Waals surface area contributed by atoms with Crippen molar-refractivity contribution in [2.45, 2.75) is 52.1 Å². The van der Waals surface area contributed by atoms with Crippen molar-refractivity contribution >= 4 is 0 Å². The van der Waals surface area contributed by atoms with Crippen LogP contribution in [-0.4, -0.2) is 30.2 Å². The predicted molar refractivity (Wildman–Crippen MR) is 76.3 cm³/mol. The molecule has 1 aromatic rings. The van der Waals surface area contributed by atoms with Crippen LogP contribution in [0.1, 0.15) is 49.0 Å². The largest absolute Gasteiger partial charge is 0.367 e. The highest BCUT2D eigenvalue weighted by Crippen LogP contribution is 2.34. The van der Waals surface area contributed by atoms with E-state index >= 15 is 0 Å². The van der Waals surface area contributed by atoms with Crippen molar-refractivity contribution in [3.63, 3.8) is 0 Å². The van der Waals surface area contributed by atoms with Gasteiger partial charge in [0.25, 0.3) is 0 Å². The molecule has 0 radical (unpaired) electrons. The minimum absolute atomic E-state index is 0.279. The Balaban J connectivity index is 2.21. The molecule has 106 valence electrons. The van der Waals surface area contributed by atoms with Gasteiger partial charge >= 0.3 is 0 Å². The first-order valence-corrected chi connectivity index (χ1v) is 7.20. The van der Waals surface area contributed by atoms with Crippen LogP contribution < -0.4 is 5.32 Å². The fraction of sp³-hybridized carbons (Fsp3) is 0.733. The molecule has 1 N–H and O–H groups in total. The summed E-state index contributed by atoms with van der Waals surface area (Å²) in [5, 5.41) is 3.18. The number of rotatable bonds is 5. The monoisotopic (exact) mass is 263 g/mol. The van der Waals surface area contributed by atoms with Crippen molar-refractivity contribution in [2.24, 2.45) is 0 Å². The number of aromatic nitrogens is 2. The molecule has 1 unspecified atom stereocenters. The van der Waals surface area contributed by atoms with Gasteiger partial charge in [0.1, 0.15) is 5.60 Å². The first kappa shape index (κ1) is 14.4. The lowest BCUT2D eigenvalue weighted by Crippen LogP contribution is -2.25. The Bertz CT molecular complexity index is 416. The lowest BCUT2D eigenvalue weighted by molar-refractivity contribution is 0.00902. The van der Waals surface area contributed by atoms with Gasteiger partial charge in [-0.25, -0.2) is 9.97 Å². The summed E-state index contributed by atoms with van der Waals surface area (Å²) in [6, 6.07) is 0. The van der Waals surface area contributed by atoms with Gasteiger partial charge in [0, 0.05) is 18.0 Å². The lowest BCUT2D eigenvalue weighted by Gasteiger charge is -2.23. The highest BCUT2D eigenvalue weighted by atomic mass is 16.5. The third kappa shape index (κ3) is 3.12. The SMILES string of the molecule is CNCCCc1c(C)nc(C2(C)CCCO2)nc1C. The zero-order chi connectivity index (χ0) is 13.9. The van der Waals surface area contributed by atoms with E-state index in [0.717, 1.165) is 56.0 Å². The maximum Gasteiger partial charge on any atom is 0.160 e. The Kier molecular flexibility index (Phi) is 4.53. The van der Waals surface area contributed by atoms with Crippen molar-refractivity contribution in [1.82, 2.24) is 15.3 Å². The van der Waals surface area contributed by atoms with Gasteiger partial charge in [-0.15, -0.1) is 0 Å². The molecule has 1 atom stereocenters. The Labute approximate surface area is 116 Å². The molecule has 1 saturated heterocycles. The number of nitrogens with one attached hydrogen (secondary N) is 1. The summed E-state index contributed by atoms with van der Waals surface area (Å²) >= 11 is 0. The molecule has 1 aliphatic heterocycles. The smallest absolute Gasteiger partial charge is 0.160 e. The van der Waals surface area contributed by atoms with Crippen molar-refractivity contribution in [2.75, 3.05) is 20.2 Å². The van der Waals surface area contributed by atoms with Gasteiger partial charge < -0.3 is 10.1 Å². The summed E-state index contributed by atoms with van der Waals surface area (Å²) < 4.78 is 5.84. The van der Waals surface area contributed by atoms with E-state index in [0.29, 0.717) is 0 Å². The molecular weight excluding hydrogens is 238 g/mol. The van der Waals surface area contributed by atoms with Crippen molar-refractivity contribution < 1.29 is 4.74 Å². The van der Waals surface area contributed by atoms with Crippen molar-refractivity contribution in [1.29, 1.82) is 0 Å². The number of ether oxygens (including phenoxy) is 1. The normalized spacial score (nSPS) is 22.9. The van der Waals surface area contributed by atoms with Gasteiger partial charge in [0.2, 0.25) is 0 Å². The first-order chi connectivity index (χ1) is 9.07. The van der Waals surface area contributed by atoms with E-state index in [9.17, 15) is 0 Å². The number of nitrogens with zero attached hydrogens (tertiary/aromatic N) is 2. The third-order valence-corrected chi connectivity index (χ3v) is 3.97. The predicted octanol–water partition coefficient (Wildman–Crippen LogP) is 2.27. The second kappa shape index (κ2) is 5.97. The summed E-state index contributed by atoms with van der Waals surface area (Å²) in [6.07, 6.45) is 4.28. The minimum atomic E-state index is -0.279. The van der Waals surface area contributed by atoms with Crippen LogP contribution in [0.4, 0.5) is 0 Å². The Morgan fingerprint density at radius 1 is 1.26 bits per heavy atom. The molecule has 1 aromatic heterocycles. The van der Waals surface area contributed by atoms with Gasteiger partial charge in [0.05, 0.1) is 0 Å². The summed E-state index contributed by atoms with van der Waals surface area (Å²) in [7, 11) is 1.98. The number of hydrogen-bond donors (Lipinski definition) is 1. The van der Waals surface area contributed by atoms with Crippen LogP contribution in [0, 0.1) is 13.8 Å². The molecule has 1 fully saturated rings. The van der Waals surface area contributed by atoms with E-state index in [4.69, 9.17) is 14.7 Å². The molecule has 0 aromatic carbocycles. The van der Waals surface area contributed by atoms with Gasteiger partial charge in [-0.3, -0.25) is 0 Å². The molecule has 0 bridgehead atoms. The molecule has 0 aliphatic carbocycles. The average Bonchev–Trinajstić information content (AvgIpc) is 2.81. The molecule has 1 aliphatic rings. The van der Waals surface area contributed by atoms with Gasteiger partial charge in [0.15, 0.2) is 5.82 Å². The van der Waals surface area contributed by atoms with Crippen LogP contribution in [0.3, 0.4) is 0 Å². The molecule has 2 heterocycles. The standard InChI is InChI=1S/C15H25N3O/c1-11-13(7-5-9-16-4)12(2)18-14(17-11)15(3)8-6-10-19-15/h16H,5-10H2,1-4H3. The minimum Gasteiger partial charge on any atom is -0.367 e. The molecule has 0 saturated carbocycles. The van der Waals surface area contributed by atoms with Crippen LogP contribution in [0.25, 0.3) is 0 Å². The van der Waals surface area contributed by atoms with Crippen LogP contribution in [0.5, 0.6) is 0 Å². The molecule has 4 heteroatoms.